The molecule has 18 heavy (non-hydrogen) atoms. The van der Waals surface area contributed by atoms with E-state index in [2.05, 4.69) is 26.3 Å². The topological polar surface area (TPSA) is 72.9 Å². The summed E-state index contributed by atoms with van der Waals surface area (Å²) >= 11 is 3.40. The van der Waals surface area contributed by atoms with Gasteiger partial charge in [-0.25, -0.2) is 4.68 Å². The number of aromatic nitrogens is 2. The number of nitrogens with one attached hydrogen (secondary N) is 1. The van der Waals surface area contributed by atoms with E-state index in [1.165, 1.54) is 0 Å². The number of amides is 1. The Hall–Kier alpha value is -1.82. The number of carbonyl (C=O) groups excluding carboxylic acids is 1. The summed E-state index contributed by atoms with van der Waals surface area (Å²) < 4.78 is 2.57. The minimum absolute atomic E-state index is 0.247. The van der Waals surface area contributed by atoms with Gasteiger partial charge in [-0.05, 0) is 25.1 Å². The van der Waals surface area contributed by atoms with Gasteiger partial charge in [-0.1, -0.05) is 22.0 Å². The third-order valence-electron chi connectivity index (χ3n) is 2.39. The van der Waals surface area contributed by atoms with Crippen LogP contribution in [-0.4, -0.2) is 22.2 Å². The van der Waals surface area contributed by atoms with Gasteiger partial charge in [-0.15, -0.1) is 0 Å². The lowest BCUT2D eigenvalue weighted by Crippen LogP contribution is -2.14. The number of carbonyl (C=O) groups is 1. The molecule has 6 heteroatoms. The van der Waals surface area contributed by atoms with Crippen LogP contribution in [-0.2, 0) is 0 Å². The molecule has 0 aliphatic rings. The average Bonchev–Trinajstić information content (AvgIpc) is 2.74. The molecule has 0 saturated carbocycles. The minimum Gasteiger partial charge on any atom is -0.382 e. The van der Waals surface area contributed by atoms with Gasteiger partial charge in [0.1, 0.15) is 0 Å². The monoisotopic (exact) mass is 308 g/mol. The van der Waals surface area contributed by atoms with Crippen molar-refractivity contribution in [1.29, 1.82) is 0 Å². The van der Waals surface area contributed by atoms with Crippen molar-refractivity contribution in [3.8, 4) is 5.69 Å². The van der Waals surface area contributed by atoms with Gasteiger partial charge in [-0.3, -0.25) is 4.79 Å². The van der Waals surface area contributed by atoms with Gasteiger partial charge in [0.15, 0.2) is 5.69 Å². The molecule has 0 fully saturated rings. The lowest BCUT2D eigenvalue weighted by molar-refractivity contribution is 0.0996. The number of nitrogens with two attached hydrogens (primary N) is 1. The van der Waals surface area contributed by atoms with Crippen LogP contribution in [0.5, 0.6) is 0 Å². The smallest absolute Gasteiger partial charge is 0.271 e. The van der Waals surface area contributed by atoms with Crippen LogP contribution >= 0.6 is 15.9 Å². The fraction of sp³-hybridized carbons (Fsp3) is 0.167. The summed E-state index contributed by atoms with van der Waals surface area (Å²) in [7, 11) is 0. The maximum Gasteiger partial charge on any atom is 0.271 e. The van der Waals surface area contributed by atoms with E-state index in [4.69, 9.17) is 5.73 Å². The third kappa shape index (κ3) is 2.53. The lowest BCUT2D eigenvalue weighted by Gasteiger charge is -2.01. The highest BCUT2D eigenvalue weighted by molar-refractivity contribution is 9.10. The summed E-state index contributed by atoms with van der Waals surface area (Å²) in [5, 5.41) is 7.26. The maximum atomic E-state index is 11.3. The number of anilines is 1. The Bertz CT molecular complexity index is 579. The first kappa shape index (κ1) is 12.6. The number of halogens is 1. The van der Waals surface area contributed by atoms with Crippen molar-refractivity contribution in [2.45, 2.75) is 6.92 Å². The average molecular weight is 309 g/mol. The zero-order valence-corrected chi connectivity index (χ0v) is 11.4. The van der Waals surface area contributed by atoms with Crippen LogP contribution in [0.15, 0.2) is 34.9 Å². The zero-order chi connectivity index (χ0) is 13.1. The molecule has 1 aromatic heterocycles. The fourth-order valence-corrected chi connectivity index (χ4v) is 2.01. The Morgan fingerprint density at radius 1 is 1.56 bits per heavy atom. The van der Waals surface area contributed by atoms with Crippen molar-refractivity contribution in [2.75, 3.05) is 11.9 Å². The van der Waals surface area contributed by atoms with Crippen molar-refractivity contribution >= 4 is 27.5 Å². The second kappa shape index (κ2) is 5.22. The molecule has 2 rings (SSSR count). The summed E-state index contributed by atoms with van der Waals surface area (Å²) in [6.45, 7) is 2.64. The molecule has 1 aromatic carbocycles. The van der Waals surface area contributed by atoms with E-state index in [0.717, 1.165) is 10.2 Å². The minimum atomic E-state index is -0.542. The molecule has 5 nitrogen and oxygen atoms in total. The molecule has 0 unspecified atom stereocenters. The van der Waals surface area contributed by atoms with Crippen molar-refractivity contribution < 1.29 is 4.79 Å². The van der Waals surface area contributed by atoms with Gasteiger partial charge < -0.3 is 11.1 Å². The fourth-order valence-electron chi connectivity index (χ4n) is 1.63. The highest BCUT2D eigenvalue weighted by atomic mass is 79.9. The van der Waals surface area contributed by atoms with Crippen molar-refractivity contribution in [3.05, 3.63) is 40.6 Å². The molecule has 0 aliphatic heterocycles. The number of hydrogen-bond donors (Lipinski definition) is 2. The van der Waals surface area contributed by atoms with Crippen LogP contribution in [0, 0.1) is 0 Å². The predicted octanol–water partition coefficient (Wildman–Crippen LogP) is 2.17. The van der Waals surface area contributed by atoms with Crippen molar-refractivity contribution in [2.24, 2.45) is 5.73 Å². The van der Waals surface area contributed by atoms with Gasteiger partial charge in [0.25, 0.3) is 5.91 Å². The Morgan fingerprint density at radius 2 is 2.33 bits per heavy atom. The summed E-state index contributed by atoms with van der Waals surface area (Å²) in [6.07, 6.45) is 1.76. The van der Waals surface area contributed by atoms with Gasteiger partial charge in [0, 0.05) is 11.0 Å². The van der Waals surface area contributed by atoms with E-state index in [9.17, 15) is 4.79 Å². The van der Waals surface area contributed by atoms with Crippen molar-refractivity contribution in [3.63, 3.8) is 0 Å². The molecule has 0 aliphatic carbocycles. The van der Waals surface area contributed by atoms with Crippen LogP contribution in [0.1, 0.15) is 17.4 Å². The summed E-state index contributed by atoms with van der Waals surface area (Å²) in [5.41, 5.74) is 7.05. The first-order chi connectivity index (χ1) is 8.61. The Labute approximate surface area is 113 Å². The second-order valence-electron chi connectivity index (χ2n) is 3.71. The highest BCUT2D eigenvalue weighted by Gasteiger charge is 2.14. The van der Waals surface area contributed by atoms with Crippen LogP contribution in [0.2, 0.25) is 0 Å². The van der Waals surface area contributed by atoms with Crippen molar-refractivity contribution in [1.82, 2.24) is 9.78 Å². The van der Waals surface area contributed by atoms with E-state index >= 15 is 0 Å². The molecule has 2 aromatic rings. The van der Waals surface area contributed by atoms with Gasteiger partial charge in [0.2, 0.25) is 0 Å². The third-order valence-corrected chi connectivity index (χ3v) is 2.88. The Balaban J connectivity index is 2.46. The molecule has 0 spiro atoms. The van der Waals surface area contributed by atoms with E-state index in [1.54, 1.807) is 10.9 Å². The molecule has 0 bridgehead atoms. The van der Waals surface area contributed by atoms with Gasteiger partial charge in [0.05, 0.1) is 17.6 Å². The molecule has 0 atom stereocenters. The maximum absolute atomic E-state index is 11.3. The van der Waals surface area contributed by atoms with E-state index in [1.807, 2.05) is 31.2 Å². The van der Waals surface area contributed by atoms with Gasteiger partial charge >= 0.3 is 0 Å². The largest absolute Gasteiger partial charge is 0.382 e. The van der Waals surface area contributed by atoms with Crippen LogP contribution < -0.4 is 11.1 Å². The van der Waals surface area contributed by atoms with E-state index < -0.39 is 5.91 Å². The van der Waals surface area contributed by atoms with Crippen LogP contribution in [0.3, 0.4) is 0 Å². The summed E-state index contributed by atoms with van der Waals surface area (Å²) in [4.78, 5) is 11.3. The molecular weight excluding hydrogens is 296 g/mol. The van der Waals surface area contributed by atoms with E-state index in [-0.39, 0.29) is 5.69 Å². The molecule has 3 N–H and O–H groups in total. The van der Waals surface area contributed by atoms with E-state index in [0.29, 0.717) is 12.2 Å². The molecule has 1 heterocycles. The lowest BCUT2D eigenvalue weighted by atomic mass is 10.3. The standard InChI is InChI=1S/C12H13BrN4O/c1-2-15-10-7-17(16-11(10)12(14)18)9-5-3-4-8(13)6-9/h3-7,15H,2H2,1H3,(H2,14,18). The normalized spacial score (nSPS) is 10.3. The Morgan fingerprint density at radius 3 is 2.94 bits per heavy atom. The number of primary amides is 1. The first-order valence-electron chi connectivity index (χ1n) is 5.51. The molecule has 0 radical (unpaired) electrons. The molecule has 94 valence electrons. The number of rotatable bonds is 4. The highest BCUT2D eigenvalue weighted by Crippen LogP contribution is 2.19. The predicted molar refractivity (Wildman–Crippen MR) is 73.9 cm³/mol. The SMILES string of the molecule is CCNc1cn(-c2cccc(Br)c2)nc1C(N)=O. The van der Waals surface area contributed by atoms with Crippen LogP contribution in [0.25, 0.3) is 5.69 Å². The number of nitrogens with zero attached hydrogens (tertiary/aromatic N) is 2. The first-order valence-corrected chi connectivity index (χ1v) is 6.30. The quantitative estimate of drug-likeness (QED) is 0.909. The zero-order valence-electron chi connectivity index (χ0n) is 9.85. The molecular formula is C12H13BrN4O. The van der Waals surface area contributed by atoms with Gasteiger partial charge in [-0.2, -0.15) is 5.10 Å². The molecule has 1 amide bonds. The van der Waals surface area contributed by atoms with Crippen LogP contribution in [0.4, 0.5) is 5.69 Å². The molecule has 0 saturated heterocycles. The Kier molecular flexibility index (Phi) is 3.66. The second-order valence-corrected chi connectivity index (χ2v) is 4.63. The number of benzene rings is 1. The summed E-state index contributed by atoms with van der Waals surface area (Å²) in [5.74, 6) is -0.542. The summed E-state index contributed by atoms with van der Waals surface area (Å²) in [6, 6.07) is 7.64. The number of hydrogen-bond acceptors (Lipinski definition) is 3.